The van der Waals surface area contributed by atoms with Crippen molar-refractivity contribution in [3.05, 3.63) is 0 Å². The first kappa shape index (κ1) is 16.9. The molecule has 0 saturated carbocycles. The number of hydrogen-bond donors (Lipinski definition) is 1. The first-order valence-electron chi connectivity index (χ1n) is 6.37. The summed E-state index contributed by atoms with van der Waals surface area (Å²) in [4.78, 5) is 0. The molecular formula is C12H29NS2Si. The van der Waals surface area contributed by atoms with Gasteiger partial charge in [0.1, 0.15) is 0 Å². The van der Waals surface area contributed by atoms with Crippen LogP contribution in [-0.2, 0) is 0 Å². The van der Waals surface area contributed by atoms with Crippen LogP contribution < -0.4 is 5.73 Å². The third kappa shape index (κ3) is 7.25. The van der Waals surface area contributed by atoms with Crippen molar-refractivity contribution >= 4 is 31.6 Å². The number of thioether (sulfide) groups is 2. The van der Waals surface area contributed by atoms with E-state index in [4.69, 9.17) is 5.73 Å². The Kier molecular flexibility index (Phi) is 9.38. The van der Waals surface area contributed by atoms with Crippen molar-refractivity contribution in [2.75, 3.05) is 18.1 Å². The van der Waals surface area contributed by atoms with Crippen LogP contribution >= 0.6 is 23.5 Å². The van der Waals surface area contributed by atoms with E-state index in [1.165, 1.54) is 18.2 Å². The molecule has 98 valence electrons. The zero-order valence-electron chi connectivity index (χ0n) is 11.6. The minimum absolute atomic E-state index is 0.764. The van der Waals surface area contributed by atoms with E-state index in [1.54, 1.807) is 0 Å². The van der Waals surface area contributed by atoms with E-state index in [0.29, 0.717) is 0 Å². The van der Waals surface area contributed by atoms with E-state index in [1.807, 2.05) is 11.8 Å². The lowest BCUT2D eigenvalue weighted by atomic mass is 10.6. The Morgan fingerprint density at radius 3 is 2.12 bits per heavy atom. The van der Waals surface area contributed by atoms with Crippen LogP contribution in [0.1, 0.15) is 27.2 Å². The van der Waals surface area contributed by atoms with Gasteiger partial charge in [-0.3, -0.25) is 0 Å². The van der Waals surface area contributed by atoms with Crippen molar-refractivity contribution in [2.24, 2.45) is 5.73 Å². The van der Waals surface area contributed by atoms with Crippen molar-refractivity contribution in [1.82, 2.24) is 0 Å². The summed E-state index contributed by atoms with van der Waals surface area (Å²) in [5.41, 5.74) is 6.45. The second-order valence-corrected chi connectivity index (χ2v) is 13.8. The van der Waals surface area contributed by atoms with Crippen molar-refractivity contribution in [1.29, 1.82) is 0 Å². The highest BCUT2D eigenvalue weighted by atomic mass is 32.2. The van der Waals surface area contributed by atoms with E-state index in [0.717, 1.165) is 22.4 Å². The molecule has 0 aromatic carbocycles. The van der Waals surface area contributed by atoms with Gasteiger partial charge in [-0.05, 0) is 18.2 Å². The fourth-order valence-electron chi connectivity index (χ4n) is 1.23. The van der Waals surface area contributed by atoms with Crippen molar-refractivity contribution in [3.8, 4) is 0 Å². The van der Waals surface area contributed by atoms with Gasteiger partial charge in [0.2, 0.25) is 0 Å². The molecule has 0 amide bonds. The molecule has 1 atom stereocenters. The van der Waals surface area contributed by atoms with Crippen LogP contribution in [0.4, 0.5) is 0 Å². The predicted octanol–water partition coefficient (Wildman–Crippen LogP) is 4.27. The molecule has 0 saturated heterocycles. The molecule has 1 unspecified atom stereocenters. The monoisotopic (exact) mass is 279 g/mol. The maximum absolute atomic E-state index is 5.55. The van der Waals surface area contributed by atoms with E-state index in [-0.39, 0.29) is 0 Å². The second-order valence-electron chi connectivity index (χ2n) is 5.26. The molecule has 0 radical (unpaired) electrons. The van der Waals surface area contributed by atoms with Crippen molar-refractivity contribution in [2.45, 2.75) is 56.5 Å². The summed E-state index contributed by atoms with van der Waals surface area (Å²) in [7, 11) is -0.946. The second kappa shape index (κ2) is 8.89. The fourth-order valence-corrected chi connectivity index (χ4v) is 6.47. The third-order valence-corrected chi connectivity index (χ3v) is 11.5. The molecule has 4 heteroatoms. The Labute approximate surface area is 112 Å². The molecule has 0 heterocycles. The van der Waals surface area contributed by atoms with Crippen LogP contribution in [0.2, 0.25) is 24.7 Å². The maximum atomic E-state index is 5.55. The molecule has 0 bridgehead atoms. The molecule has 0 fully saturated rings. The molecule has 16 heavy (non-hydrogen) atoms. The van der Waals surface area contributed by atoms with Crippen molar-refractivity contribution < 1.29 is 0 Å². The van der Waals surface area contributed by atoms with Gasteiger partial charge in [0.25, 0.3) is 0 Å². The molecule has 0 aliphatic carbocycles. The largest absolute Gasteiger partial charge is 0.330 e. The Balaban J connectivity index is 3.77. The van der Waals surface area contributed by atoms with Gasteiger partial charge >= 0.3 is 0 Å². The van der Waals surface area contributed by atoms with Gasteiger partial charge in [-0.15, -0.1) is 23.5 Å². The summed E-state index contributed by atoms with van der Waals surface area (Å²) in [6, 6.07) is 1.45. The van der Waals surface area contributed by atoms with Gasteiger partial charge in [-0.25, -0.2) is 0 Å². The van der Waals surface area contributed by atoms with E-state index in [2.05, 4.69) is 45.6 Å². The molecule has 0 aliphatic heterocycles. The van der Waals surface area contributed by atoms with Gasteiger partial charge in [-0.2, -0.15) is 0 Å². The summed E-state index contributed by atoms with van der Waals surface area (Å²) in [6.07, 6.45) is 1.26. The van der Waals surface area contributed by atoms with Crippen LogP contribution in [0.5, 0.6) is 0 Å². The first-order chi connectivity index (χ1) is 7.44. The van der Waals surface area contributed by atoms with Gasteiger partial charge in [0.15, 0.2) is 0 Å². The van der Waals surface area contributed by atoms with Crippen LogP contribution in [0.3, 0.4) is 0 Å². The number of nitrogens with two attached hydrogens (primary N) is 1. The average Bonchev–Trinajstić information content (AvgIpc) is 2.22. The SMILES string of the molecule is CCC(SCCN)SCC[Si](C)(C)C(C)C. The van der Waals surface area contributed by atoms with Crippen LogP contribution in [0.15, 0.2) is 0 Å². The maximum Gasteiger partial charge on any atom is 0.0507 e. The number of rotatable bonds is 9. The Morgan fingerprint density at radius 1 is 1.12 bits per heavy atom. The standard InChI is InChI=1S/C12H29NS2Si/c1-6-12(14-8-7-13)15-9-10-16(4,5)11(2)3/h11-12H,6-10,13H2,1-5H3. The van der Waals surface area contributed by atoms with E-state index in [9.17, 15) is 0 Å². The minimum Gasteiger partial charge on any atom is -0.330 e. The zero-order valence-corrected chi connectivity index (χ0v) is 14.2. The lowest BCUT2D eigenvalue weighted by molar-refractivity contribution is 0.991. The van der Waals surface area contributed by atoms with Gasteiger partial charge in [-0.1, -0.05) is 39.4 Å². The van der Waals surface area contributed by atoms with Gasteiger partial charge in [0.05, 0.1) is 8.07 Å². The molecule has 0 spiro atoms. The Hall–Kier alpha value is 0.877. The molecule has 1 nitrogen and oxygen atoms in total. The fraction of sp³-hybridized carbons (Fsp3) is 1.00. The predicted molar refractivity (Wildman–Crippen MR) is 85.4 cm³/mol. The van der Waals surface area contributed by atoms with Crippen LogP contribution in [0, 0.1) is 0 Å². The van der Waals surface area contributed by atoms with Crippen molar-refractivity contribution in [3.63, 3.8) is 0 Å². The third-order valence-electron chi connectivity index (χ3n) is 3.37. The zero-order chi connectivity index (χ0) is 12.6. The first-order valence-corrected chi connectivity index (χ1v) is 11.8. The highest BCUT2D eigenvalue weighted by Gasteiger charge is 2.24. The highest BCUT2D eigenvalue weighted by Crippen LogP contribution is 2.31. The number of hydrogen-bond acceptors (Lipinski definition) is 3. The average molecular weight is 280 g/mol. The normalized spacial score (nSPS) is 14.4. The highest BCUT2D eigenvalue weighted by molar-refractivity contribution is 8.17. The minimum atomic E-state index is -0.946. The summed E-state index contributed by atoms with van der Waals surface area (Å²) >= 11 is 4.18. The van der Waals surface area contributed by atoms with Gasteiger partial charge in [0, 0.05) is 16.9 Å². The van der Waals surface area contributed by atoms with E-state index >= 15 is 0 Å². The summed E-state index contributed by atoms with van der Waals surface area (Å²) in [6.45, 7) is 12.9. The Bertz CT molecular complexity index is 174. The molecule has 0 aromatic heterocycles. The molecule has 0 rings (SSSR count). The lowest BCUT2D eigenvalue weighted by Gasteiger charge is -2.27. The topological polar surface area (TPSA) is 26.0 Å². The Morgan fingerprint density at radius 2 is 1.69 bits per heavy atom. The molecule has 0 aromatic rings. The van der Waals surface area contributed by atoms with Gasteiger partial charge < -0.3 is 5.73 Å². The smallest absolute Gasteiger partial charge is 0.0507 e. The quantitative estimate of drug-likeness (QED) is 0.504. The summed E-state index contributed by atoms with van der Waals surface area (Å²) in [5, 5.41) is 0. The lowest BCUT2D eigenvalue weighted by Crippen LogP contribution is -2.30. The van der Waals surface area contributed by atoms with Crippen LogP contribution in [-0.4, -0.2) is 30.7 Å². The van der Waals surface area contributed by atoms with E-state index < -0.39 is 8.07 Å². The summed E-state index contributed by atoms with van der Waals surface area (Å²) in [5.74, 6) is 2.45. The summed E-state index contributed by atoms with van der Waals surface area (Å²) < 4.78 is 0.764. The van der Waals surface area contributed by atoms with Crippen LogP contribution in [0.25, 0.3) is 0 Å². The molecule has 2 N–H and O–H groups in total. The molecular weight excluding hydrogens is 250 g/mol. The molecule has 0 aliphatic rings.